The molecule has 0 radical (unpaired) electrons. The minimum atomic E-state index is -0.918. The topological polar surface area (TPSA) is 52.5 Å². The van der Waals surface area contributed by atoms with E-state index >= 15 is 0 Å². The van der Waals surface area contributed by atoms with Crippen LogP contribution in [0.3, 0.4) is 0 Å². The van der Waals surface area contributed by atoms with Gasteiger partial charge in [-0.3, -0.25) is 0 Å². The number of hydroxylamine groups is 3. The Kier molecular flexibility index (Phi) is 2.14. The first-order chi connectivity index (χ1) is 3.48. The van der Waals surface area contributed by atoms with E-state index in [0.717, 1.165) is 0 Å². The van der Waals surface area contributed by atoms with Crippen LogP contribution < -0.4 is 0 Å². The first-order valence-corrected chi connectivity index (χ1v) is 2.32. The van der Waals surface area contributed by atoms with Crippen molar-refractivity contribution in [1.29, 1.82) is 0 Å². The molecule has 0 atom stereocenters. The van der Waals surface area contributed by atoms with Crippen LogP contribution in [0.25, 0.3) is 0 Å². The van der Waals surface area contributed by atoms with E-state index in [4.69, 9.17) is 0 Å². The summed E-state index contributed by atoms with van der Waals surface area (Å²) in [6.07, 6.45) is 0. The fraction of sp³-hybridized carbons (Fsp3) is 0.667. The Morgan fingerprint density at radius 3 is 2.12 bits per heavy atom. The molecule has 0 aromatic heterocycles. The van der Waals surface area contributed by atoms with E-state index in [2.05, 4.69) is 17.4 Å². The first-order valence-electron chi connectivity index (χ1n) is 1.91. The zero-order chi connectivity index (χ0) is 6.78. The van der Waals surface area contributed by atoms with Gasteiger partial charge in [0.05, 0.1) is 14.1 Å². The number of nitroso groups, excluding NO2 is 1. The number of thiocarbonyl (C=S) groups is 1. The van der Waals surface area contributed by atoms with Crippen molar-refractivity contribution in [1.82, 2.24) is 0 Å². The lowest BCUT2D eigenvalue weighted by atomic mass is 10.9. The molecule has 46 valence electrons. The van der Waals surface area contributed by atoms with Crippen LogP contribution in [0.5, 0.6) is 0 Å². The van der Waals surface area contributed by atoms with Crippen molar-refractivity contribution in [3.8, 4) is 0 Å². The largest absolute Gasteiger partial charge is 0.626 e. The van der Waals surface area contributed by atoms with Gasteiger partial charge in [0.25, 0.3) is 0 Å². The molecule has 0 rings (SSSR count). The van der Waals surface area contributed by atoms with Crippen molar-refractivity contribution in [2.24, 2.45) is 5.18 Å². The maximum atomic E-state index is 10.5. The van der Waals surface area contributed by atoms with Crippen LogP contribution in [0, 0.1) is 10.1 Å². The molecule has 5 heteroatoms. The molecule has 0 aliphatic carbocycles. The molecule has 0 aromatic rings. The standard InChI is InChI=1S/C3H6N2O2S/c1-5(2,7)3(8)4-6/h1-2H3. The van der Waals surface area contributed by atoms with E-state index in [1.165, 1.54) is 14.1 Å². The summed E-state index contributed by atoms with van der Waals surface area (Å²) in [6, 6.07) is 0. The highest BCUT2D eigenvalue weighted by molar-refractivity contribution is 7.80. The Morgan fingerprint density at radius 2 is 2.12 bits per heavy atom. The SMILES string of the molecule is C[N+](C)([O-])C(=S)N=O. The summed E-state index contributed by atoms with van der Waals surface area (Å²) in [6.45, 7) is 0. The molecule has 0 saturated heterocycles. The van der Waals surface area contributed by atoms with Crippen LogP contribution >= 0.6 is 12.2 Å². The zero-order valence-corrected chi connectivity index (χ0v) is 5.44. The van der Waals surface area contributed by atoms with Gasteiger partial charge in [0.2, 0.25) is 0 Å². The Morgan fingerprint density at radius 1 is 1.75 bits per heavy atom. The molecule has 0 N–H and O–H groups in total. The van der Waals surface area contributed by atoms with Gasteiger partial charge in [-0.2, -0.15) is 0 Å². The van der Waals surface area contributed by atoms with Crippen LogP contribution in [0.2, 0.25) is 0 Å². The fourth-order valence-electron chi connectivity index (χ4n) is 0.0983. The van der Waals surface area contributed by atoms with Crippen molar-refractivity contribution in [3.05, 3.63) is 10.1 Å². The third-order valence-electron chi connectivity index (χ3n) is 0.539. The van der Waals surface area contributed by atoms with Crippen molar-refractivity contribution in [2.75, 3.05) is 14.1 Å². The van der Waals surface area contributed by atoms with Crippen molar-refractivity contribution in [3.63, 3.8) is 0 Å². The summed E-state index contributed by atoms with van der Waals surface area (Å²) < 4.78 is -0.918. The molecule has 0 spiro atoms. The van der Waals surface area contributed by atoms with Crippen LogP contribution in [0.1, 0.15) is 0 Å². The molecule has 0 fully saturated rings. The molecule has 0 saturated carbocycles. The third kappa shape index (κ3) is 2.06. The van der Waals surface area contributed by atoms with Crippen LogP contribution in [0.4, 0.5) is 0 Å². The van der Waals surface area contributed by atoms with Gasteiger partial charge < -0.3 is 9.85 Å². The van der Waals surface area contributed by atoms with E-state index in [0.29, 0.717) is 0 Å². The Hall–Kier alpha value is -0.390. The lowest BCUT2D eigenvalue weighted by Gasteiger charge is -2.28. The molecule has 0 unspecified atom stereocenters. The molecule has 0 aromatic carbocycles. The van der Waals surface area contributed by atoms with Crippen LogP contribution in [-0.2, 0) is 0 Å². The highest BCUT2D eigenvalue weighted by Gasteiger charge is 2.09. The minimum absolute atomic E-state index is 0.384. The van der Waals surface area contributed by atoms with Gasteiger partial charge in [-0.25, -0.2) is 0 Å². The van der Waals surface area contributed by atoms with Gasteiger partial charge in [-0.15, -0.1) is 4.91 Å². The predicted molar refractivity (Wildman–Crippen MR) is 33.9 cm³/mol. The normalized spacial score (nSPS) is 10.9. The molecule has 8 heavy (non-hydrogen) atoms. The van der Waals surface area contributed by atoms with E-state index in [-0.39, 0.29) is 5.11 Å². The number of hydrogen-bond donors (Lipinski definition) is 0. The third-order valence-corrected chi connectivity index (χ3v) is 1.05. The average molecular weight is 134 g/mol. The van der Waals surface area contributed by atoms with Crippen molar-refractivity contribution in [2.45, 2.75) is 0 Å². The second kappa shape index (κ2) is 2.25. The van der Waals surface area contributed by atoms with Crippen molar-refractivity contribution >= 4 is 17.3 Å². The predicted octanol–water partition coefficient (Wildman–Crippen LogP) is 0.612. The van der Waals surface area contributed by atoms with Gasteiger partial charge in [-0.05, 0) is 0 Å². The smallest absolute Gasteiger partial charge is 0.334 e. The summed E-state index contributed by atoms with van der Waals surface area (Å²) in [5.41, 5.74) is 0. The van der Waals surface area contributed by atoms with Gasteiger partial charge in [0.15, 0.2) is 0 Å². The lowest BCUT2D eigenvalue weighted by Crippen LogP contribution is -2.36. The minimum Gasteiger partial charge on any atom is -0.626 e. The van der Waals surface area contributed by atoms with Gasteiger partial charge in [-0.1, -0.05) is 0 Å². The second-order valence-corrected chi connectivity index (χ2v) is 2.09. The van der Waals surface area contributed by atoms with E-state index in [1.54, 1.807) is 0 Å². The molecule has 0 aliphatic heterocycles. The van der Waals surface area contributed by atoms with E-state index in [9.17, 15) is 10.1 Å². The van der Waals surface area contributed by atoms with Gasteiger partial charge >= 0.3 is 5.11 Å². The quantitative estimate of drug-likeness (QED) is 0.211. The lowest BCUT2D eigenvalue weighted by molar-refractivity contribution is -0.741. The maximum Gasteiger partial charge on any atom is 0.334 e. The summed E-state index contributed by atoms with van der Waals surface area (Å²) in [5.74, 6) is 0. The fourth-order valence-corrected chi connectivity index (χ4v) is 0.0983. The number of quaternary nitrogens is 1. The Balaban J connectivity index is 4.02. The van der Waals surface area contributed by atoms with E-state index < -0.39 is 4.65 Å². The Labute approximate surface area is 52.2 Å². The summed E-state index contributed by atoms with van der Waals surface area (Å²) >= 11 is 4.27. The molecule has 0 amide bonds. The van der Waals surface area contributed by atoms with Gasteiger partial charge in [0.1, 0.15) is 0 Å². The number of nitrogens with zero attached hydrogens (tertiary/aromatic N) is 2. The summed E-state index contributed by atoms with van der Waals surface area (Å²) in [7, 11) is 2.48. The number of hydrogen-bond acceptors (Lipinski definition) is 3. The molecule has 0 aliphatic rings. The molecule has 0 heterocycles. The maximum absolute atomic E-state index is 10.5. The summed E-state index contributed by atoms with van der Waals surface area (Å²) in [5, 5.41) is 12.5. The highest BCUT2D eigenvalue weighted by Crippen LogP contribution is 1.96. The van der Waals surface area contributed by atoms with Crippen LogP contribution in [-0.4, -0.2) is 23.9 Å². The average Bonchev–Trinajstić information content (AvgIpc) is 1.62. The highest BCUT2D eigenvalue weighted by atomic mass is 32.1. The number of rotatable bonds is 0. The molecular formula is C3H6N2O2S. The summed E-state index contributed by atoms with van der Waals surface area (Å²) in [4.78, 5) is 9.54. The van der Waals surface area contributed by atoms with Crippen LogP contribution in [0.15, 0.2) is 5.18 Å². The molecule has 4 nitrogen and oxygen atoms in total. The van der Waals surface area contributed by atoms with Crippen molar-refractivity contribution < 1.29 is 4.65 Å². The van der Waals surface area contributed by atoms with E-state index in [1.807, 2.05) is 0 Å². The van der Waals surface area contributed by atoms with Gasteiger partial charge in [0, 0.05) is 17.4 Å². The zero-order valence-electron chi connectivity index (χ0n) is 4.62. The monoisotopic (exact) mass is 134 g/mol. The second-order valence-electron chi connectivity index (χ2n) is 1.72. The first kappa shape index (κ1) is 7.61. The Bertz CT molecular complexity index is 117. The molecule has 0 bridgehead atoms. The molecular weight excluding hydrogens is 128 g/mol.